The zero-order valence-corrected chi connectivity index (χ0v) is 51.1. The predicted octanol–water partition coefficient (Wildman–Crippen LogP) is 15.8. The van der Waals surface area contributed by atoms with Crippen molar-refractivity contribution >= 4 is 11.9 Å². The number of hydrogen-bond donors (Lipinski definition) is 6. The smallest absolute Gasteiger partial charge is 0.306 e. The van der Waals surface area contributed by atoms with Crippen molar-refractivity contribution in [1.82, 2.24) is 5.32 Å². The van der Waals surface area contributed by atoms with Gasteiger partial charge in [0.05, 0.1) is 25.4 Å². The molecule has 1 heterocycles. The van der Waals surface area contributed by atoms with Crippen molar-refractivity contribution < 1.29 is 49.3 Å². The molecule has 1 fully saturated rings. The van der Waals surface area contributed by atoms with Gasteiger partial charge in [0.1, 0.15) is 24.4 Å². The lowest BCUT2D eigenvalue weighted by Crippen LogP contribution is -2.61. The number of unbranched alkanes of at least 4 members (excludes halogenated alkanes) is 21. The van der Waals surface area contributed by atoms with Crippen molar-refractivity contribution in [2.45, 2.75) is 294 Å². The summed E-state index contributed by atoms with van der Waals surface area (Å²) in [5.74, 6) is -1.23. The number of aliphatic hydroxyl groups is 5. The second-order valence-electron chi connectivity index (χ2n) is 21.7. The molecule has 0 bridgehead atoms. The molecule has 462 valence electrons. The van der Waals surface area contributed by atoms with Gasteiger partial charge in [0.2, 0.25) is 5.91 Å². The molecule has 0 aromatic heterocycles. The Morgan fingerprint density at radius 1 is 0.494 bits per heavy atom. The number of esters is 1. The Hall–Kier alpha value is -3.94. The lowest BCUT2D eigenvalue weighted by atomic mass is 9.99. The maximum Gasteiger partial charge on any atom is 0.306 e. The van der Waals surface area contributed by atoms with E-state index in [0.29, 0.717) is 12.8 Å². The first-order chi connectivity index (χ1) is 39.7. The number of hydrogen-bond acceptors (Lipinski definition) is 10. The summed E-state index contributed by atoms with van der Waals surface area (Å²) < 4.78 is 17.6. The zero-order chi connectivity index (χ0) is 58.9. The minimum atomic E-state index is -1.63. The van der Waals surface area contributed by atoms with Crippen LogP contribution >= 0.6 is 0 Å². The zero-order valence-electron chi connectivity index (χ0n) is 51.1. The predicted molar refractivity (Wildman–Crippen MR) is 338 cm³/mol. The second-order valence-corrected chi connectivity index (χ2v) is 21.7. The number of ether oxygens (including phenoxy) is 3. The van der Waals surface area contributed by atoms with E-state index in [-0.39, 0.29) is 19.4 Å². The summed E-state index contributed by atoms with van der Waals surface area (Å²) in [7, 11) is 0. The summed E-state index contributed by atoms with van der Waals surface area (Å²) in [6.07, 6.45) is 68.1. The van der Waals surface area contributed by atoms with Crippen molar-refractivity contribution in [3.63, 3.8) is 0 Å². The molecule has 1 saturated heterocycles. The van der Waals surface area contributed by atoms with Crippen LogP contribution in [0.2, 0.25) is 0 Å². The molecular formula is C70H117NO10. The van der Waals surface area contributed by atoms with E-state index >= 15 is 0 Å². The number of allylic oxidation sites excluding steroid dienone is 19. The fourth-order valence-corrected chi connectivity index (χ4v) is 9.32. The quantitative estimate of drug-likeness (QED) is 0.0195. The van der Waals surface area contributed by atoms with Crippen LogP contribution in [0.3, 0.4) is 0 Å². The Kier molecular flexibility index (Phi) is 52.4. The highest BCUT2D eigenvalue weighted by atomic mass is 16.7. The maximum atomic E-state index is 13.4. The van der Waals surface area contributed by atoms with Crippen LogP contribution in [0.25, 0.3) is 0 Å². The number of nitrogens with one attached hydrogen (secondary N) is 1. The molecule has 1 aliphatic rings. The average molecular weight is 1130 g/mol. The van der Waals surface area contributed by atoms with Crippen LogP contribution < -0.4 is 5.32 Å². The van der Waals surface area contributed by atoms with E-state index < -0.39 is 67.4 Å². The third kappa shape index (κ3) is 44.3. The first-order valence-corrected chi connectivity index (χ1v) is 32.3. The Bertz CT molecular complexity index is 1780. The summed E-state index contributed by atoms with van der Waals surface area (Å²) >= 11 is 0. The van der Waals surface area contributed by atoms with Gasteiger partial charge in [0.25, 0.3) is 0 Å². The van der Waals surface area contributed by atoms with Crippen LogP contribution in [0.1, 0.15) is 245 Å². The third-order valence-corrected chi connectivity index (χ3v) is 14.4. The molecule has 1 amide bonds. The van der Waals surface area contributed by atoms with Gasteiger partial charge in [-0.1, -0.05) is 251 Å². The van der Waals surface area contributed by atoms with Crippen molar-refractivity contribution in [3.8, 4) is 0 Å². The van der Waals surface area contributed by atoms with Crippen LogP contribution in [-0.2, 0) is 23.8 Å². The van der Waals surface area contributed by atoms with Crippen molar-refractivity contribution in [2.75, 3.05) is 13.2 Å². The van der Waals surface area contributed by atoms with Gasteiger partial charge in [-0.3, -0.25) is 9.59 Å². The van der Waals surface area contributed by atoms with E-state index in [2.05, 4.69) is 135 Å². The summed E-state index contributed by atoms with van der Waals surface area (Å²) in [5.41, 5.74) is 0. The molecule has 1 rings (SSSR count). The van der Waals surface area contributed by atoms with Crippen LogP contribution in [-0.4, -0.2) is 99.6 Å². The van der Waals surface area contributed by atoms with Gasteiger partial charge in [0.15, 0.2) is 12.4 Å². The maximum absolute atomic E-state index is 13.4. The molecule has 1 aliphatic heterocycles. The van der Waals surface area contributed by atoms with Gasteiger partial charge in [-0.05, 0) is 109 Å². The van der Waals surface area contributed by atoms with E-state index in [4.69, 9.17) is 14.2 Å². The minimum Gasteiger partial charge on any atom is -0.454 e. The topological polar surface area (TPSA) is 175 Å². The standard InChI is InChI=1S/C70H117NO10/c1-4-7-10-13-16-19-22-25-26-27-28-29-30-31-32-33-34-35-36-37-38-40-43-46-49-52-55-58-65(75)81-68-67(77)66(76)64(59-72)80-70(68)79-60-61(62(73)56-53-50-47-44-41-24-21-18-15-12-9-6-3)71-69(78)63(74)57-54-51-48-45-42-39-23-20-17-14-11-8-5-2/h7-8,10-11,16-17,19-20,25-26,28-29,31-32,34-35,39,42,53,56,61-64,66-68,70,72-74,76-77H,4-6,9,12-15,18,21-24,27,30,33,36-38,40-41,43-52,54-55,57-60H2,1-3H3,(H,71,78)/b10-7-,11-8+,19-16-,20-17+,26-25-,29-28-,32-31-,35-34-,42-39+,56-53+. The molecule has 0 aromatic carbocycles. The highest BCUT2D eigenvalue weighted by Gasteiger charge is 2.47. The van der Waals surface area contributed by atoms with Gasteiger partial charge < -0.3 is 45.1 Å². The average Bonchev–Trinajstić information content (AvgIpc) is 3.51. The van der Waals surface area contributed by atoms with Crippen LogP contribution in [0.4, 0.5) is 0 Å². The van der Waals surface area contributed by atoms with Crippen molar-refractivity contribution in [2.24, 2.45) is 0 Å². The SMILES string of the molecule is CC/C=C\C/C=C\C/C=C\C/C=C\C/C=C\C/C=C\CCCCCCCCCCC(=O)OC1C(OCC(NC(=O)C(O)CCCCC/C=C/C/C=C/C/C=C/CC)C(O)/C=C/CCCCCCCCCCCC)OC(CO)C(O)C1O. The number of rotatable bonds is 53. The summed E-state index contributed by atoms with van der Waals surface area (Å²) in [5, 5.41) is 57.0. The highest BCUT2D eigenvalue weighted by molar-refractivity contribution is 5.80. The van der Waals surface area contributed by atoms with Gasteiger partial charge in [-0.15, -0.1) is 0 Å². The molecule has 6 N–H and O–H groups in total. The fraction of sp³-hybridized carbons (Fsp3) is 0.686. The minimum absolute atomic E-state index is 0.103. The summed E-state index contributed by atoms with van der Waals surface area (Å²) in [6, 6.07) is -1.04. The van der Waals surface area contributed by atoms with E-state index in [1.807, 2.05) is 6.08 Å². The first kappa shape index (κ1) is 75.1. The molecule has 0 aromatic rings. The van der Waals surface area contributed by atoms with Crippen LogP contribution in [0.5, 0.6) is 0 Å². The molecule has 8 unspecified atom stereocenters. The fourth-order valence-electron chi connectivity index (χ4n) is 9.32. The lowest BCUT2D eigenvalue weighted by Gasteiger charge is -2.41. The Labute approximate surface area is 493 Å². The van der Waals surface area contributed by atoms with Crippen molar-refractivity contribution in [1.29, 1.82) is 0 Å². The monoisotopic (exact) mass is 1130 g/mol. The van der Waals surface area contributed by atoms with E-state index in [9.17, 15) is 35.1 Å². The van der Waals surface area contributed by atoms with Gasteiger partial charge in [-0.25, -0.2) is 0 Å². The number of carbonyl (C=O) groups is 2. The normalized spacial score (nSPS) is 19.5. The first-order valence-electron chi connectivity index (χ1n) is 32.3. The number of carbonyl (C=O) groups excluding carboxylic acids is 2. The number of amides is 1. The van der Waals surface area contributed by atoms with Gasteiger partial charge in [0, 0.05) is 6.42 Å². The molecule has 11 nitrogen and oxygen atoms in total. The Morgan fingerprint density at radius 3 is 1.33 bits per heavy atom. The van der Waals surface area contributed by atoms with Crippen molar-refractivity contribution in [3.05, 3.63) is 122 Å². The Morgan fingerprint density at radius 2 is 0.889 bits per heavy atom. The second kappa shape index (κ2) is 56.5. The van der Waals surface area contributed by atoms with Crippen LogP contribution in [0, 0.1) is 0 Å². The van der Waals surface area contributed by atoms with Gasteiger partial charge in [-0.2, -0.15) is 0 Å². The molecule has 11 heteroatoms. The molecule has 8 atom stereocenters. The van der Waals surface area contributed by atoms with E-state index in [0.717, 1.165) is 135 Å². The van der Waals surface area contributed by atoms with E-state index in [1.54, 1.807) is 6.08 Å². The number of aliphatic hydroxyl groups excluding tert-OH is 5. The van der Waals surface area contributed by atoms with Gasteiger partial charge >= 0.3 is 5.97 Å². The molecule has 0 spiro atoms. The molecule has 0 aliphatic carbocycles. The lowest BCUT2D eigenvalue weighted by molar-refractivity contribution is -0.305. The third-order valence-electron chi connectivity index (χ3n) is 14.4. The molecule has 0 saturated carbocycles. The Balaban J connectivity index is 2.61. The van der Waals surface area contributed by atoms with E-state index in [1.165, 1.54) is 64.2 Å². The summed E-state index contributed by atoms with van der Waals surface area (Å²) in [6.45, 7) is 5.53. The molecule has 0 radical (unpaired) electrons. The molecule has 81 heavy (non-hydrogen) atoms. The summed E-state index contributed by atoms with van der Waals surface area (Å²) in [4.78, 5) is 26.6. The highest BCUT2D eigenvalue weighted by Crippen LogP contribution is 2.26. The molecular weight excluding hydrogens is 1010 g/mol. The van der Waals surface area contributed by atoms with Crippen LogP contribution in [0.15, 0.2) is 122 Å². The largest absolute Gasteiger partial charge is 0.454 e.